The van der Waals surface area contributed by atoms with E-state index in [0.29, 0.717) is 5.92 Å². The number of aliphatic imine (C=N–C) groups is 1. The Kier molecular flexibility index (Phi) is 4.43. The maximum Gasteiger partial charge on any atom is 0.0668 e. The topological polar surface area (TPSA) is 12.4 Å². The molecule has 1 atom stereocenters. The quantitative estimate of drug-likeness (QED) is 0.648. The Morgan fingerprint density at radius 1 is 1.11 bits per heavy atom. The van der Waals surface area contributed by atoms with Gasteiger partial charge in [0.25, 0.3) is 0 Å². The summed E-state index contributed by atoms with van der Waals surface area (Å²) in [7, 11) is 0. The van der Waals surface area contributed by atoms with Crippen molar-refractivity contribution >= 4 is 40.0 Å². The molecule has 0 radical (unpaired) electrons. The maximum absolute atomic E-state index is 6.12. The van der Waals surface area contributed by atoms with Crippen molar-refractivity contribution < 1.29 is 0 Å². The summed E-state index contributed by atoms with van der Waals surface area (Å²) >= 11 is 6.12. The average molecular weight is 337 g/mol. The fraction of sp³-hybridized carbons (Fsp3) is 0.188. The van der Waals surface area contributed by atoms with Gasteiger partial charge in [-0.2, -0.15) is 0 Å². The van der Waals surface area contributed by atoms with Gasteiger partial charge in [-0.1, -0.05) is 41.9 Å². The Morgan fingerprint density at radius 3 is 2.58 bits per heavy atom. The second kappa shape index (κ2) is 5.89. The lowest BCUT2D eigenvalue weighted by molar-refractivity contribution is 0.837. The first-order chi connectivity index (χ1) is 8.74. The number of fused-ring (bicyclic) bond motifs is 1. The largest absolute Gasteiger partial charge is 0.258 e. The van der Waals surface area contributed by atoms with Crippen LogP contribution in [0.2, 0.25) is 5.02 Å². The van der Waals surface area contributed by atoms with E-state index in [-0.39, 0.29) is 17.0 Å². The molecule has 1 unspecified atom stereocenters. The number of benzene rings is 2. The fourth-order valence-electron chi connectivity index (χ4n) is 2.55. The first-order valence-corrected chi connectivity index (χ1v) is 6.50. The highest BCUT2D eigenvalue weighted by molar-refractivity contribution is 8.93. The van der Waals surface area contributed by atoms with Crippen LogP contribution in [0.4, 0.5) is 5.69 Å². The molecular weight excluding hydrogens is 322 g/mol. The van der Waals surface area contributed by atoms with Crippen molar-refractivity contribution in [1.29, 1.82) is 0 Å². The van der Waals surface area contributed by atoms with Crippen LogP contribution in [0.3, 0.4) is 0 Å². The van der Waals surface area contributed by atoms with Crippen LogP contribution in [0.15, 0.2) is 53.5 Å². The Bertz CT molecular complexity index is 607. The molecule has 0 bridgehead atoms. The zero-order valence-corrected chi connectivity index (χ0v) is 13.1. The minimum Gasteiger partial charge on any atom is -0.258 e. The molecule has 0 fully saturated rings. The molecule has 3 heteroatoms. The molecule has 2 aromatic carbocycles. The molecule has 0 aliphatic carbocycles. The molecule has 0 spiro atoms. The molecule has 0 saturated carbocycles. The highest BCUT2D eigenvalue weighted by Gasteiger charge is 2.22. The second-order valence-electron chi connectivity index (χ2n) is 4.72. The minimum absolute atomic E-state index is 0. The first-order valence-electron chi connectivity index (χ1n) is 6.12. The molecule has 19 heavy (non-hydrogen) atoms. The molecule has 0 N–H and O–H groups in total. The first kappa shape index (κ1) is 14.3. The molecule has 2 aromatic rings. The summed E-state index contributed by atoms with van der Waals surface area (Å²) in [5, 5.41) is 0.782. The highest BCUT2D eigenvalue weighted by atomic mass is 79.9. The van der Waals surface area contributed by atoms with Crippen molar-refractivity contribution in [2.75, 3.05) is 0 Å². The van der Waals surface area contributed by atoms with Crippen molar-refractivity contribution in [3.8, 4) is 0 Å². The third kappa shape index (κ3) is 2.90. The highest BCUT2D eigenvalue weighted by Crippen LogP contribution is 2.39. The fourth-order valence-corrected chi connectivity index (χ4v) is 2.73. The van der Waals surface area contributed by atoms with E-state index in [0.717, 1.165) is 17.1 Å². The summed E-state index contributed by atoms with van der Waals surface area (Å²) in [5.74, 6) is 0.373. The van der Waals surface area contributed by atoms with Gasteiger partial charge in [-0.05, 0) is 42.7 Å². The summed E-state index contributed by atoms with van der Waals surface area (Å²) < 4.78 is 0. The van der Waals surface area contributed by atoms with E-state index < -0.39 is 0 Å². The number of halogens is 2. The standard InChI is InChI=1S/C16H14ClN.BrH/c1-11-9-14(12-5-3-2-4-6-12)15-10-13(17)7-8-16(15)18-11;/h2-8,10,14H,9H2,1H3;1H. The zero-order valence-electron chi connectivity index (χ0n) is 10.6. The average Bonchev–Trinajstić information content (AvgIpc) is 2.39. The Hall–Kier alpha value is -1.12. The van der Waals surface area contributed by atoms with Crippen LogP contribution in [-0.4, -0.2) is 5.71 Å². The lowest BCUT2D eigenvalue weighted by Crippen LogP contribution is -2.10. The smallest absolute Gasteiger partial charge is 0.0668 e. The molecule has 0 aromatic heterocycles. The van der Waals surface area contributed by atoms with Gasteiger partial charge in [0.2, 0.25) is 0 Å². The van der Waals surface area contributed by atoms with Crippen LogP contribution in [0.25, 0.3) is 0 Å². The molecular formula is C16H15BrClN. The molecule has 0 saturated heterocycles. The number of rotatable bonds is 1. The number of hydrogen-bond acceptors (Lipinski definition) is 1. The summed E-state index contributed by atoms with van der Waals surface area (Å²) in [6, 6.07) is 16.5. The molecule has 98 valence electrons. The van der Waals surface area contributed by atoms with Crippen LogP contribution in [0, 0.1) is 0 Å². The molecule has 3 rings (SSSR count). The Labute approximate surface area is 129 Å². The Balaban J connectivity index is 0.00000133. The van der Waals surface area contributed by atoms with Crippen molar-refractivity contribution in [1.82, 2.24) is 0 Å². The number of hydrogen-bond donors (Lipinski definition) is 0. The van der Waals surface area contributed by atoms with Crippen LogP contribution >= 0.6 is 28.6 Å². The molecule has 1 nitrogen and oxygen atoms in total. The van der Waals surface area contributed by atoms with Crippen molar-refractivity contribution in [3.05, 3.63) is 64.7 Å². The summed E-state index contributed by atoms with van der Waals surface area (Å²) in [4.78, 5) is 4.62. The third-order valence-corrected chi connectivity index (χ3v) is 3.61. The van der Waals surface area contributed by atoms with Gasteiger partial charge in [-0.25, -0.2) is 0 Å². The summed E-state index contributed by atoms with van der Waals surface area (Å²) in [6.07, 6.45) is 0.970. The molecule has 0 amide bonds. The molecule has 1 aliphatic heterocycles. The van der Waals surface area contributed by atoms with Gasteiger partial charge in [0, 0.05) is 16.7 Å². The zero-order chi connectivity index (χ0) is 12.5. The van der Waals surface area contributed by atoms with Crippen LogP contribution in [-0.2, 0) is 0 Å². The van der Waals surface area contributed by atoms with E-state index in [1.165, 1.54) is 16.8 Å². The van der Waals surface area contributed by atoms with Gasteiger partial charge < -0.3 is 0 Å². The summed E-state index contributed by atoms with van der Waals surface area (Å²) in [5.41, 5.74) is 4.80. The SMILES string of the molecule is Br.CC1=Nc2ccc(Cl)cc2C(c2ccccc2)C1. The predicted octanol–water partition coefficient (Wildman–Crippen LogP) is 5.55. The number of nitrogens with zero attached hydrogens (tertiary/aromatic N) is 1. The maximum atomic E-state index is 6.12. The van der Waals surface area contributed by atoms with Crippen molar-refractivity contribution in [2.24, 2.45) is 4.99 Å². The van der Waals surface area contributed by atoms with Gasteiger partial charge in [-0.15, -0.1) is 17.0 Å². The monoisotopic (exact) mass is 335 g/mol. The predicted molar refractivity (Wildman–Crippen MR) is 87.4 cm³/mol. The van der Waals surface area contributed by atoms with Crippen molar-refractivity contribution in [3.63, 3.8) is 0 Å². The Morgan fingerprint density at radius 2 is 1.84 bits per heavy atom. The minimum atomic E-state index is 0. The van der Waals surface area contributed by atoms with Crippen molar-refractivity contribution in [2.45, 2.75) is 19.3 Å². The van der Waals surface area contributed by atoms with E-state index in [2.05, 4.69) is 36.2 Å². The lowest BCUT2D eigenvalue weighted by atomic mass is 9.84. The van der Waals surface area contributed by atoms with E-state index in [9.17, 15) is 0 Å². The van der Waals surface area contributed by atoms with E-state index in [4.69, 9.17) is 11.6 Å². The lowest BCUT2D eigenvalue weighted by Gasteiger charge is -2.24. The summed E-state index contributed by atoms with van der Waals surface area (Å²) in [6.45, 7) is 2.09. The van der Waals surface area contributed by atoms with E-state index in [1.807, 2.05) is 24.3 Å². The van der Waals surface area contributed by atoms with Gasteiger partial charge in [-0.3, -0.25) is 4.99 Å². The van der Waals surface area contributed by atoms with Gasteiger partial charge in [0.05, 0.1) is 5.69 Å². The van der Waals surface area contributed by atoms with Crippen LogP contribution in [0.5, 0.6) is 0 Å². The van der Waals surface area contributed by atoms with Crippen LogP contribution in [0.1, 0.15) is 30.4 Å². The van der Waals surface area contributed by atoms with Gasteiger partial charge >= 0.3 is 0 Å². The normalized spacial score (nSPS) is 17.2. The second-order valence-corrected chi connectivity index (χ2v) is 5.15. The van der Waals surface area contributed by atoms with E-state index >= 15 is 0 Å². The molecule has 1 aliphatic rings. The van der Waals surface area contributed by atoms with Gasteiger partial charge in [0.15, 0.2) is 0 Å². The van der Waals surface area contributed by atoms with E-state index in [1.54, 1.807) is 0 Å². The third-order valence-electron chi connectivity index (χ3n) is 3.38. The van der Waals surface area contributed by atoms with Gasteiger partial charge in [0.1, 0.15) is 0 Å². The molecule has 1 heterocycles. The van der Waals surface area contributed by atoms with Crippen LogP contribution < -0.4 is 0 Å².